The summed E-state index contributed by atoms with van der Waals surface area (Å²) >= 11 is 6.23. The van der Waals surface area contributed by atoms with Crippen LogP contribution in [-0.2, 0) is 19.5 Å². The lowest BCUT2D eigenvalue weighted by Gasteiger charge is -2.29. The number of hydrogen-bond donors (Lipinski definition) is 3. The highest BCUT2D eigenvalue weighted by atomic mass is 127. The lowest BCUT2D eigenvalue weighted by molar-refractivity contribution is 0.0792. The number of piperidine rings is 1. The van der Waals surface area contributed by atoms with Crippen molar-refractivity contribution in [2.24, 2.45) is 4.99 Å². The van der Waals surface area contributed by atoms with Crippen LogP contribution in [0.15, 0.2) is 53.5 Å². The summed E-state index contributed by atoms with van der Waals surface area (Å²) in [4.78, 5) is 7.12. The van der Waals surface area contributed by atoms with Crippen molar-refractivity contribution in [3.63, 3.8) is 0 Å². The van der Waals surface area contributed by atoms with Crippen LogP contribution >= 0.6 is 35.6 Å². The van der Waals surface area contributed by atoms with Crippen LogP contribution in [0, 0.1) is 0 Å². The van der Waals surface area contributed by atoms with E-state index in [9.17, 15) is 5.11 Å². The Labute approximate surface area is 208 Å². The Kier molecular flexibility index (Phi) is 11.6. The number of nitrogens with zero attached hydrogens (tertiary/aromatic N) is 2. The van der Waals surface area contributed by atoms with E-state index in [-0.39, 0.29) is 30.1 Å². The molecule has 5 nitrogen and oxygen atoms in total. The fourth-order valence-electron chi connectivity index (χ4n) is 3.61. The number of nitrogens with one attached hydrogen (secondary N) is 2. The zero-order valence-corrected chi connectivity index (χ0v) is 21.3. The third-order valence-electron chi connectivity index (χ3n) is 5.39. The molecule has 31 heavy (non-hydrogen) atoms. The lowest BCUT2D eigenvalue weighted by Crippen LogP contribution is -2.38. The van der Waals surface area contributed by atoms with Gasteiger partial charge in [0.05, 0.1) is 12.6 Å². The second kappa shape index (κ2) is 13.9. The van der Waals surface area contributed by atoms with E-state index in [0.717, 1.165) is 68.5 Å². The molecule has 0 amide bonds. The minimum atomic E-state index is -0.120. The van der Waals surface area contributed by atoms with Crippen molar-refractivity contribution < 1.29 is 5.11 Å². The first kappa shape index (κ1) is 25.9. The molecule has 0 bridgehead atoms. The highest BCUT2D eigenvalue weighted by molar-refractivity contribution is 14.0. The molecule has 2 aromatic rings. The smallest absolute Gasteiger partial charge is 0.191 e. The summed E-state index contributed by atoms with van der Waals surface area (Å²) < 4.78 is 0. The van der Waals surface area contributed by atoms with Crippen molar-refractivity contribution in [3.8, 4) is 0 Å². The lowest BCUT2D eigenvalue weighted by atomic mass is 10.1. The normalized spacial score (nSPS) is 15.4. The van der Waals surface area contributed by atoms with Gasteiger partial charge in [-0.25, -0.2) is 4.99 Å². The molecule has 3 N–H and O–H groups in total. The fourth-order valence-corrected chi connectivity index (χ4v) is 3.84. The number of aliphatic hydroxyl groups is 1. The summed E-state index contributed by atoms with van der Waals surface area (Å²) in [6.45, 7) is 7.19. The minimum absolute atomic E-state index is 0. The zero-order valence-electron chi connectivity index (χ0n) is 18.2. The standard InChI is InChI=1S/C24H33ClN4O.HI/c1-2-26-24(27-14-11-21-5-3-4-6-23(21)25)28-17-19-7-9-20(10-8-19)18-29-15-12-22(30)13-16-29;/h3-10,22,30H,2,11-18H2,1H3,(H2,26,27,28);1H. The molecule has 1 aliphatic heterocycles. The van der Waals surface area contributed by atoms with Crippen molar-refractivity contribution >= 4 is 41.5 Å². The van der Waals surface area contributed by atoms with Crippen LogP contribution in [0.1, 0.15) is 36.5 Å². The zero-order chi connectivity index (χ0) is 21.2. The molecule has 1 saturated heterocycles. The van der Waals surface area contributed by atoms with Gasteiger partial charge >= 0.3 is 0 Å². The summed E-state index contributed by atoms with van der Waals surface area (Å²) in [5.74, 6) is 0.820. The van der Waals surface area contributed by atoms with Crippen LogP contribution < -0.4 is 10.6 Å². The molecule has 0 unspecified atom stereocenters. The second-order valence-electron chi connectivity index (χ2n) is 7.79. The number of aliphatic imine (C=N–C) groups is 1. The van der Waals surface area contributed by atoms with Gasteiger partial charge in [0.25, 0.3) is 0 Å². The molecule has 170 valence electrons. The molecule has 0 radical (unpaired) electrons. The predicted molar refractivity (Wildman–Crippen MR) is 140 cm³/mol. The largest absolute Gasteiger partial charge is 0.393 e. The van der Waals surface area contributed by atoms with E-state index in [1.54, 1.807) is 0 Å². The molecular weight excluding hydrogens is 523 g/mol. The van der Waals surface area contributed by atoms with Crippen LogP contribution in [0.3, 0.4) is 0 Å². The van der Waals surface area contributed by atoms with Crippen LogP contribution in [0.5, 0.6) is 0 Å². The summed E-state index contributed by atoms with van der Waals surface area (Å²) in [5.41, 5.74) is 3.64. The molecule has 0 spiro atoms. The number of likely N-dealkylation sites (tertiary alicyclic amines) is 1. The minimum Gasteiger partial charge on any atom is -0.393 e. The highest BCUT2D eigenvalue weighted by Crippen LogP contribution is 2.15. The molecule has 0 aromatic heterocycles. The Morgan fingerprint density at radius 2 is 1.74 bits per heavy atom. The molecular formula is C24H34ClIN4O. The molecule has 7 heteroatoms. The predicted octanol–water partition coefficient (Wildman–Crippen LogP) is 4.21. The monoisotopic (exact) mass is 556 g/mol. The van der Waals surface area contributed by atoms with E-state index >= 15 is 0 Å². The maximum absolute atomic E-state index is 9.64. The number of hydrogen-bond acceptors (Lipinski definition) is 3. The van der Waals surface area contributed by atoms with Crippen molar-refractivity contribution in [1.29, 1.82) is 0 Å². The van der Waals surface area contributed by atoms with Gasteiger partial charge in [-0.05, 0) is 48.9 Å². The van der Waals surface area contributed by atoms with E-state index in [1.807, 2.05) is 18.2 Å². The van der Waals surface area contributed by atoms with Crippen molar-refractivity contribution in [2.45, 2.75) is 45.4 Å². The second-order valence-corrected chi connectivity index (χ2v) is 8.19. The first-order chi connectivity index (χ1) is 14.6. The van der Waals surface area contributed by atoms with E-state index < -0.39 is 0 Å². The van der Waals surface area contributed by atoms with Gasteiger partial charge < -0.3 is 15.7 Å². The number of aliphatic hydroxyl groups excluding tert-OH is 1. The topological polar surface area (TPSA) is 59.9 Å². The highest BCUT2D eigenvalue weighted by Gasteiger charge is 2.16. The van der Waals surface area contributed by atoms with Crippen molar-refractivity contribution in [2.75, 3.05) is 26.2 Å². The molecule has 1 aliphatic rings. The summed E-state index contributed by atoms with van der Waals surface area (Å²) in [6.07, 6.45) is 2.49. The number of rotatable bonds is 8. The van der Waals surface area contributed by atoms with E-state index in [0.29, 0.717) is 6.54 Å². The van der Waals surface area contributed by atoms with Crippen molar-refractivity contribution in [3.05, 3.63) is 70.2 Å². The number of benzene rings is 2. The van der Waals surface area contributed by atoms with Gasteiger partial charge in [0.2, 0.25) is 0 Å². The van der Waals surface area contributed by atoms with Gasteiger partial charge in [0, 0.05) is 37.7 Å². The molecule has 0 atom stereocenters. The average molecular weight is 557 g/mol. The van der Waals surface area contributed by atoms with Crippen LogP contribution in [0.25, 0.3) is 0 Å². The average Bonchev–Trinajstić information content (AvgIpc) is 2.76. The first-order valence-electron chi connectivity index (χ1n) is 10.9. The van der Waals surface area contributed by atoms with E-state index in [1.165, 1.54) is 11.1 Å². The quantitative estimate of drug-likeness (QED) is 0.259. The Hall–Kier alpha value is -1.35. The molecule has 1 fully saturated rings. The molecule has 0 saturated carbocycles. The SMILES string of the molecule is CCNC(=NCc1ccc(CN2CCC(O)CC2)cc1)NCCc1ccccc1Cl.I. The van der Waals surface area contributed by atoms with Gasteiger partial charge in [-0.1, -0.05) is 54.1 Å². The maximum Gasteiger partial charge on any atom is 0.191 e. The van der Waals surface area contributed by atoms with Gasteiger partial charge in [-0.15, -0.1) is 24.0 Å². The van der Waals surface area contributed by atoms with E-state index in [2.05, 4.69) is 52.8 Å². The Morgan fingerprint density at radius 1 is 1.06 bits per heavy atom. The van der Waals surface area contributed by atoms with Crippen LogP contribution in [-0.4, -0.2) is 48.2 Å². The Morgan fingerprint density at radius 3 is 2.42 bits per heavy atom. The molecule has 1 heterocycles. The van der Waals surface area contributed by atoms with Gasteiger partial charge in [-0.2, -0.15) is 0 Å². The third-order valence-corrected chi connectivity index (χ3v) is 5.76. The van der Waals surface area contributed by atoms with Crippen LogP contribution in [0.4, 0.5) is 0 Å². The van der Waals surface area contributed by atoms with E-state index in [4.69, 9.17) is 16.6 Å². The molecule has 2 aromatic carbocycles. The summed E-state index contributed by atoms with van der Waals surface area (Å²) in [7, 11) is 0. The number of halogens is 2. The molecule has 3 rings (SSSR count). The first-order valence-corrected chi connectivity index (χ1v) is 11.3. The summed E-state index contributed by atoms with van der Waals surface area (Å²) in [5, 5.41) is 17.1. The summed E-state index contributed by atoms with van der Waals surface area (Å²) in [6, 6.07) is 16.6. The maximum atomic E-state index is 9.64. The number of guanidine groups is 1. The Balaban J connectivity index is 0.00000341. The van der Waals surface area contributed by atoms with Gasteiger partial charge in [0.1, 0.15) is 0 Å². The van der Waals surface area contributed by atoms with Gasteiger partial charge in [0.15, 0.2) is 5.96 Å². The van der Waals surface area contributed by atoms with Gasteiger partial charge in [-0.3, -0.25) is 4.90 Å². The van der Waals surface area contributed by atoms with Crippen molar-refractivity contribution in [1.82, 2.24) is 15.5 Å². The fraction of sp³-hybridized carbons (Fsp3) is 0.458. The van der Waals surface area contributed by atoms with Crippen LogP contribution in [0.2, 0.25) is 5.02 Å². The molecule has 0 aliphatic carbocycles. The Bertz CT molecular complexity index is 807. The third kappa shape index (κ3) is 8.96.